The predicted molar refractivity (Wildman–Crippen MR) is 52.4 cm³/mol. The Morgan fingerprint density at radius 1 is 1.27 bits per heavy atom. The van der Waals surface area contributed by atoms with E-state index in [0.29, 0.717) is 13.1 Å². The molecule has 0 atom stereocenters. The third kappa shape index (κ3) is 3.90. The van der Waals surface area contributed by atoms with Crippen LogP contribution in [0.5, 0.6) is 0 Å². The third-order valence-electron chi connectivity index (χ3n) is 1.55. The van der Waals surface area contributed by atoms with Gasteiger partial charge in [-0.15, -0.1) is 0 Å². The Hall–Kier alpha value is -1.69. The molecule has 0 aliphatic rings. The first-order valence-corrected chi connectivity index (χ1v) is 4.33. The van der Waals surface area contributed by atoms with Gasteiger partial charge in [0.15, 0.2) is 0 Å². The first-order chi connectivity index (χ1) is 7.11. The van der Waals surface area contributed by atoms with Crippen molar-refractivity contribution in [2.75, 3.05) is 18.4 Å². The normalized spacial score (nSPS) is 9.80. The van der Waals surface area contributed by atoms with Gasteiger partial charge in [-0.1, -0.05) is 0 Å². The average Bonchev–Trinajstić information content (AvgIpc) is 2.13. The van der Waals surface area contributed by atoms with E-state index in [1.165, 1.54) is 0 Å². The lowest BCUT2D eigenvalue weighted by molar-refractivity contribution is 0.252. The monoisotopic (exact) mass is 215 g/mol. The number of urea groups is 1. The van der Waals surface area contributed by atoms with Gasteiger partial charge in [-0.3, -0.25) is 0 Å². The van der Waals surface area contributed by atoms with Crippen LogP contribution in [-0.4, -0.2) is 19.1 Å². The highest BCUT2D eigenvalue weighted by atomic mass is 19.1. The van der Waals surface area contributed by atoms with Crippen LogP contribution in [0.2, 0.25) is 0 Å². The number of amides is 2. The Morgan fingerprint density at radius 3 is 2.40 bits per heavy atom. The van der Waals surface area contributed by atoms with E-state index in [2.05, 4.69) is 10.6 Å². The molecular formula is C9H11F2N3O. The molecule has 0 aliphatic carbocycles. The molecule has 0 radical (unpaired) electrons. The Labute approximate surface area is 85.5 Å². The van der Waals surface area contributed by atoms with Gasteiger partial charge in [-0.05, 0) is 12.1 Å². The molecule has 1 aromatic rings. The van der Waals surface area contributed by atoms with Crippen LogP contribution in [0.4, 0.5) is 19.3 Å². The van der Waals surface area contributed by atoms with E-state index in [1.54, 1.807) is 0 Å². The van der Waals surface area contributed by atoms with Gasteiger partial charge in [-0.25, -0.2) is 13.6 Å². The summed E-state index contributed by atoms with van der Waals surface area (Å²) >= 11 is 0. The van der Waals surface area contributed by atoms with E-state index in [1.807, 2.05) is 0 Å². The number of nitrogens with two attached hydrogens (primary N) is 1. The largest absolute Gasteiger partial charge is 0.337 e. The summed E-state index contributed by atoms with van der Waals surface area (Å²) in [5.74, 6) is -1.49. The lowest BCUT2D eigenvalue weighted by atomic mass is 10.3. The first kappa shape index (κ1) is 11.4. The first-order valence-electron chi connectivity index (χ1n) is 4.33. The summed E-state index contributed by atoms with van der Waals surface area (Å²) < 4.78 is 25.4. The zero-order chi connectivity index (χ0) is 11.3. The zero-order valence-electron chi connectivity index (χ0n) is 7.89. The molecule has 0 unspecified atom stereocenters. The van der Waals surface area contributed by atoms with Gasteiger partial charge in [0, 0.05) is 24.8 Å². The van der Waals surface area contributed by atoms with Gasteiger partial charge >= 0.3 is 6.03 Å². The average molecular weight is 215 g/mol. The summed E-state index contributed by atoms with van der Waals surface area (Å²) in [6.45, 7) is 0.592. The number of halogens is 2. The molecule has 0 fully saturated rings. The van der Waals surface area contributed by atoms with Crippen molar-refractivity contribution < 1.29 is 13.6 Å². The molecule has 82 valence electrons. The van der Waals surface area contributed by atoms with E-state index in [9.17, 15) is 13.6 Å². The fourth-order valence-corrected chi connectivity index (χ4v) is 0.987. The van der Waals surface area contributed by atoms with Crippen molar-refractivity contribution in [3.05, 3.63) is 29.8 Å². The van der Waals surface area contributed by atoms with Crippen LogP contribution in [0, 0.1) is 11.6 Å². The SMILES string of the molecule is NCCNC(=O)Nc1cc(F)cc(F)c1. The van der Waals surface area contributed by atoms with Gasteiger partial charge in [0.25, 0.3) is 0 Å². The molecule has 4 nitrogen and oxygen atoms in total. The van der Waals surface area contributed by atoms with Gasteiger partial charge in [0.05, 0.1) is 0 Å². The van der Waals surface area contributed by atoms with Crippen molar-refractivity contribution in [1.29, 1.82) is 0 Å². The summed E-state index contributed by atoms with van der Waals surface area (Å²) in [5.41, 5.74) is 5.21. The number of hydrogen-bond donors (Lipinski definition) is 3. The lowest BCUT2D eigenvalue weighted by Gasteiger charge is -2.06. The third-order valence-corrected chi connectivity index (χ3v) is 1.55. The van der Waals surface area contributed by atoms with E-state index in [4.69, 9.17) is 5.73 Å². The number of rotatable bonds is 3. The minimum Gasteiger partial charge on any atom is -0.337 e. The van der Waals surface area contributed by atoms with Crippen LogP contribution in [0.3, 0.4) is 0 Å². The predicted octanol–water partition coefficient (Wildman–Crippen LogP) is 1.05. The van der Waals surface area contributed by atoms with Gasteiger partial charge < -0.3 is 16.4 Å². The summed E-state index contributed by atoms with van der Waals surface area (Å²) in [6, 6.07) is 2.21. The summed E-state index contributed by atoms with van der Waals surface area (Å²) in [4.78, 5) is 11.1. The zero-order valence-corrected chi connectivity index (χ0v) is 7.89. The second kappa shape index (κ2) is 5.26. The Bertz CT molecular complexity index is 337. The Kier molecular flexibility index (Phi) is 3.99. The molecule has 0 saturated heterocycles. The van der Waals surface area contributed by atoms with Crippen LogP contribution in [0.15, 0.2) is 18.2 Å². The lowest BCUT2D eigenvalue weighted by Crippen LogP contribution is -2.32. The summed E-state index contributed by atoms with van der Waals surface area (Å²) in [6.07, 6.45) is 0. The molecular weight excluding hydrogens is 204 g/mol. The molecule has 1 aromatic carbocycles. The number of benzene rings is 1. The van der Waals surface area contributed by atoms with Crippen molar-refractivity contribution in [3.8, 4) is 0 Å². The molecule has 0 aromatic heterocycles. The van der Waals surface area contributed by atoms with Gasteiger partial charge in [0.1, 0.15) is 11.6 Å². The second-order valence-corrected chi connectivity index (χ2v) is 2.83. The number of carbonyl (C=O) groups is 1. The minimum atomic E-state index is -0.746. The molecule has 0 spiro atoms. The molecule has 2 amide bonds. The number of anilines is 1. The highest BCUT2D eigenvalue weighted by Crippen LogP contribution is 2.12. The standard InChI is InChI=1S/C9H11F2N3O/c10-6-3-7(11)5-8(4-6)14-9(15)13-2-1-12/h3-5H,1-2,12H2,(H2,13,14,15). The second-order valence-electron chi connectivity index (χ2n) is 2.83. The molecule has 6 heteroatoms. The van der Waals surface area contributed by atoms with Crippen molar-refractivity contribution in [1.82, 2.24) is 5.32 Å². The van der Waals surface area contributed by atoms with E-state index in [-0.39, 0.29) is 5.69 Å². The van der Waals surface area contributed by atoms with Crippen LogP contribution < -0.4 is 16.4 Å². The fourth-order valence-electron chi connectivity index (χ4n) is 0.987. The highest BCUT2D eigenvalue weighted by molar-refractivity contribution is 5.89. The maximum Gasteiger partial charge on any atom is 0.319 e. The fraction of sp³-hybridized carbons (Fsp3) is 0.222. The van der Waals surface area contributed by atoms with Crippen LogP contribution in [0.1, 0.15) is 0 Å². The number of nitrogens with one attached hydrogen (secondary N) is 2. The Morgan fingerprint density at radius 2 is 1.87 bits per heavy atom. The molecule has 15 heavy (non-hydrogen) atoms. The topological polar surface area (TPSA) is 67.1 Å². The van der Waals surface area contributed by atoms with Gasteiger partial charge in [-0.2, -0.15) is 0 Å². The van der Waals surface area contributed by atoms with Crippen molar-refractivity contribution in [2.24, 2.45) is 5.73 Å². The molecule has 4 N–H and O–H groups in total. The van der Waals surface area contributed by atoms with E-state index in [0.717, 1.165) is 18.2 Å². The molecule has 0 saturated carbocycles. The summed E-state index contributed by atoms with van der Waals surface area (Å²) in [5, 5.41) is 4.67. The van der Waals surface area contributed by atoms with Crippen LogP contribution >= 0.6 is 0 Å². The summed E-state index contributed by atoms with van der Waals surface area (Å²) in [7, 11) is 0. The van der Waals surface area contributed by atoms with Gasteiger partial charge in [0.2, 0.25) is 0 Å². The molecule has 1 rings (SSSR count). The van der Waals surface area contributed by atoms with E-state index < -0.39 is 17.7 Å². The highest BCUT2D eigenvalue weighted by Gasteiger charge is 2.03. The van der Waals surface area contributed by atoms with E-state index >= 15 is 0 Å². The number of carbonyl (C=O) groups excluding carboxylic acids is 1. The van der Waals surface area contributed by atoms with Crippen LogP contribution in [0.25, 0.3) is 0 Å². The smallest absolute Gasteiger partial charge is 0.319 e. The quantitative estimate of drug-likeness (QED) is 0.705. The maximum atomic E-state index is 12.7. The maximum absolute atomic E-state index is 12.7. The molecule has 0 aliphatic heterocycles. The van der Waals surface area contributed by atoms with Crippen molar-refractivity contribution >= 4 is 11.7 Å². The van der Waals surface area contributed by atoms with Crippen molar-refractivity contribution in [3.63, 3.8) is 0 Å². The molecule has 0 heterocycles. The van der Waals surface area contributed by atoms with Crippen molar-refractivity contribution in [2.45, 2.75) is 0 Å². The minimum absolute atomic E-state index is 0.0574. The number of hydrogen-bond acceptors (Lipinski definition) is 2. The Balaban J connectivity index is 2.60. The molecule has 0 bridgehead atoms. The van der Waals surface area contributed by atoms with Crippen LogP contribution in [-0.2, 0) is 0 Å².